The SMILES string of the molecule is CC(C)(C)Cc1cc(Cl)c(Cl)c(Cl)c1. The molecule has 0 nitrogen and oxygen atoms in total. The smallest absolute Gasteiger partial charge is 0.0778 e. The lowest BCUT2D eigenvalue weighted by Gasteiger charge is -2.18. The molecule has 1 aromatic rings. The molecule has 0 aliphatic heterocycles. The molecule has 0 atom stereocenters. The van der Waals surface area contributed by atoms with Gasteiger partial charge in [0.05, 0.1) is 15.1 Å². The normalized spacial score (nSPS) is 11.9. The lowest BCUT2D eigenvalue weighted by molar-refractivity contribution is 0.411. The van der Waals surface area contributed by atoms with Gasteiger partial charge < -0.3 is 0 Å². The third-order valence-corrected chi connectivity index (χ3v) is 2.97. The van der Waals surface area contributed by atoms with Crippen LogP contribution in [0.3, 0.4) is 0 Å². The first-order chi connectivity index (χ1) is 6.29. The highest BCUT2D eigenvalue weighted by molar-refractivity contribution is 6.48. The molecule has 0 N–H and O–H groups in total. The van der Waals surface area contributed by atoms with Crippen LogP contribution in [0.25, 0.3) is 0 Å². The molecule has 78 valence electrons. The third-order valence-electron chi connectivity index (χ3n) is 1.78. The summed E-state index contributed by atoms with van der Waals surface area (Å²) < 4.78 is 0. The first kappa shape index (κ1) is 12.2. The minimum Gasteiger partial charge on any atom is -0.0826 e. The molecular weight excluding hydrogens is 238 g/mol. The Bertz CT molecular complexity index is 314. The van der Waals surface area contributed by atoms with Crippen LogP contribution in [0, 0.1) is 5.41 Å². The average Bonchev–Trinajstić information content (AvgIpc) is 1.96. The molecule has 0 aliphatic rings. The Kier molecular flexibility index (Phi) is 3.74. The second-order valence-electron chi connectivity index (χ2n) is 4.61. The van der Waals surface area contributed by atoms with Gasteiger partial charge in [0.2, 0.25) is 0 Å². The maximum Gasteiger partial charge on any atom is 0.0778 e. The number of halogens is 3. The summed E-state index contributed by atoms with van der Waals surface area (Å²) in [5.74, 6) is 0. The zero-order valence-electron chi connectivity index (χ0n) is 8.50. The van der Waals surface area contributed by atoms with Gasteiger partial charge in [-0.05, 0) is 29.5 Å². The molecule has 0 saturated carbocycles. The van der Waals surface area contributed by atoms with Crippen molar-refractivity contribution in [2.24, 2.45) is 5.41 Å². The fourth-order valence-electron chi connectivity index (χ4n) is 1.32. The minimum atomic E-state index is 0.223. The molecule has 0 aliphatic carbocycles. The Morgan fingerprint density at radius 3 is 1.79 bits per heavy atom. The van der Waals surface area contributed by atoms with E-state index in [1.165, 1.54) is 0 Å². The maximum absolute atomic E-state index is 5.93. The van der Waals surface area contributed by atoms with Crippen molar-refractivity contribution in [3.05, 3.63) is 32.8 Å². The zero-order chi connectivity index (χ0) is 10.9. The van der Waals surface area contributed by atoms with E-state index in [9.17, 15) is 0 Å². The maximum atomic E-state index is 5.93. The van der Waals surface area contributed by atoms with Crippen LogP contribution in [0.5, 0.6) is 0 Å². The first-order valence-corrected chi connectivity index (χ1v) is 5.56. The number of rotatable bonds is 1. The molecule has 0 aromatic heterocycles. The van der Waals surface area contributed by atoms with Crippen LogP contribution in [0.15, 0.2) is 12.1 Å². The molecule has 0 spiro atoms. The van der Waals surface area contributed by atoms with Crippen LogP contribution in [0.2, 0.25) is 15.1 Å². The Morgan fingerprint density at radius 1 is 1.00 bits per heavy atom. The topological polar surface area (TPSA) is 0 Å². The Labute approximate surface area is 100 Å². The lowest BCUT2D eigenvalue weighted by atomic mass is 9.88. The largest absolute Gasteiger partial charge is 0.0826 e. The van der Waals surface area contributed by atoms with Crippen molar-refractivity contribution < 1.29 is 0 Å². The van der Waals surface area contributed by atoms with Gasteiger partial charge in [-0.15, -0.1) is 0 Å². The summed E-state index contributed by atoms with van der Waals surface area (Å²) in [5.41, 5.74) is 1.34. The fraction of sp³-hybridized carbons (Fsp3) is 0.455. The van der Waals surface area contributed by atoms with Gasteiger partial charge in [0.1, 0.15) is 0 Å². The van der Waals surface area contributed by atoms with E-state index in [0.717, 1.165) is 12.0 Å². The third kappa shape index (κ3) is 3.34. The van der Waals surface area contributed by atoms with Crippen LogP contribution in [0.4, 0.5) is 0 Å². The monoisotopic (exact) mass is 250 g/mol. The van der Waals surface area contributed by atoms with Crippen LogP contribution in [-0.4, -0.2) is 0 Å². The molecule has 0 bridgehead atoms. The molecule has 0 fully saturated rings. The summed E-state index contributed by atoms with van der Waals surface area (Å²) >= 11 is 17.7. The molecule has 14 heavy (non-hydrogen) atoms. The fourth-order valence-corrected chi connectivity index (χ4v) is 1.96. The predicted octanol–water partition coefficient (Wildman–Crippen LogP) is 5.24. The Hall–Kier alpha value is 0.0900. The van der Waals surface area contributed by atoms with E-state index in [4.69, 9.17) is 34.8 Å². The highest BCUT2D eigenvalue weighted by Crippen LogP contribution is 2.33. The molecule has 0 unspecified atom stereocenters. The van der Waals surface area contributed by atoms with Crippen LogP contribution < -0.4 is 0 Å². The standard InChI is InChI=1S/C11H13Cl3/c1-11(2,3)6-7-4-8(12)10(14)9(13)5-7/h4-5H,6H2,1-3H3. The molecule has 0 saturated heterocycles. The van der Waals surface area contributed by atoms with Crippen molar-refractivity contribution in [2.45, 2.75) is 27.2 Å². The van der Waals surface area contributed by atoms with E-state index in [1.54, 1.807) is 0 Å². The van der Waals surface area contributed by atoms with Crippen molar-refractivity contribution in [2.75, 3.05) is 0 Å². The summed E-state index contributed by atoms with van der Waals surface area (Å²) in [6.07, 6.45) is 0.934. The van der Waals surface area contributed by atoms with Crippen LogP contribution >= 0.6 is 34.8 Å². The molecule has 3 heteroatoms. The zero-order valence-corrected chi connectivity index (χ0v) is 10.8. The van der Waals surface area contributed by atoms with E-state index in [1.807, 2.05) is 12.1 Å². The van der Waals surface area contributed by atoms with Crippen molar-refractivity contribution in [3.63, 3.8) is 0 Å². The van der Waals surface area contributed by atoms with E-state index in [-0.39, 0.29) is 5.41 Å². The van der Waals surface area contributed by atoms with E-state index in [0.29, 0.717) is 15.1 Å². The van der Waals surface area contributed by atoms with E-state index >= 15 is 0 Å². The highest BCUT2D eigenvalue weighted by atomic mass is 35.5. The number of hydrogen-bond donors (Lipinski definition) is 0. The van der Waals surface area contributed by atoms with Gasteiger partial charge in [-0.2, -0.15) is 0 Å². The first-order valence-electron chi connectivity index (χ1n) is 4.43. The number of benzene rings is 1. The Balaban J connectivity index is 3.02. The highest BCUT2D eigenvalue weighted by Gasteiger charge is 2.13. The average molecular weight is 252 g/mol. The second-order valence-corrected chi connectivity index (χ2v) is 5.80. The summed E-state index contributed by atoms with van der Waals surface area (Å²) in [5, 5.41) is 1.49. The molecular formula is C11H13Cl3. The van der Waals surface area contributed by atoms with Gasteiger partial charge >= 0.3 is 0 Å². The minimum absolute atomic E-state index is 0.223. The van der Waals surface area contributed by atoms with Gasteiger partial charge in [-0.25, -0.2) is 0 Å². The summed E-state index contributed by atoms with van der Waals surface area (Å²) in [6, 6.07) is 3.75. The lowest BCUT2D eigenvalue weighted by Crippen LogP contribution is -2.09. The van der Waals surface area contributed by atoms with Gasteiger partial charge in [0, 0.05) is 0 Å². The summed E-state index contributed by atoms with van der Waals surface area (Å²) in [7, 11) is 0. The van der Waals surface area contributed by atoms with E-state index < -0.39 is 0 Å². The van der Waals surface area contributed by atoms with Crippen molar-refractivity contribution in [3.8, 4) is 0 Å². The molecule has 0 amide bonds. The predicted molar refractivity (Wildman–Crippen MR) is 64.6 cm³/mol. The van der Waals surface area contributed by atoms with Crippen molar-refractivity contribution in [1.29, 1.82) is 0 Å². The van der Waals surface area contributed by atoms with Gasteiger partial charge in [0.25, 0.3) is 0 Å². The molecule has 0 heterocycles. The van der Waals surface area contributed by atoms with Crippen molar-refractivity contribution >= 4 is 34.8 Å². The molecule has 0 radical (unpaired) electrons. The van der Waals surface area contributed by atoms with E-state index in [2.05, 4.69) is 20.8 Å². The van der Waals surface area contributed by atoms with Crippen LogP contribution in [-0.2, 0) is 6.42 Å². The van der Waals surface area contributed by atoms with Crippen molar-refractivity contribution in [1.82, 2.24) is 0 Å². The quantitative estimate of drug-likeness (QED) is 0.599. The summed E-state index contributed by atoms with van der Waals surface area (Å²) in [4.78, 5) is 0. The summed E-state index contributed by atoms with van der Waals surface area (Å²) in [6.45, 7) is 6.51. The second kappa shape index (κ2) is 4.30. The Morgan fingerprint density at radius 2 is 1.43 bits per heavy atom. The van der Waals surface area contributed by atoms with Gasteiger partial charge in [-0.3, -0.25) is 0 Å². The molecule has 1 aromatic carbocycles. The number of hydrogen-bond acceptors (Lipinski definition) is 0. The van der Waals surface area contributed by atoms with Crippen LogP contribution in [0.1, 0.15) is 26.3 Å². The molecule has 1 rings (SSSR count). The van der Waals surface area contributed by atoms with Gasteiger partial charge in [0.15, 0.2) is 0 Å². The van der Waals surface area contributed by atoms with Gasteiger partial charge in [-0.1, -0.05) is 55.6 Å².